The number of benzene rings is 3. The molecule has 0 aliphatic rings. The van der Waals surface area contributed by atoms with Crippen LogP contribution in [-0.2, 0) is 0 Å². The van der Waals surface area contributed by atoms with Gasteiger partial charge in [0.15, 0.2) is 0 Å². The number of hydrazone groups is 1. The maximum absolute atomic E-state index is 13.1. The molecule has 0 aromatic heterocycles. The Hall–Kier alpha value is -4.80. The smallest absolute Gasteiger partial charge is 0.315 e. The Balaban J connectivity index is 1.77. The molecule has 0 aliphatic carbocycles. The van der Waals surface area contributed by atoms with Gasteiger partial charge in [-0.2, -0.15) is 5.10 Å². The van der Waals surface area contributed by atoms with Gasteiger partial charge >= 0.3 is 5.69 Å². The Morgan fingerprint density at radius 3 is 2.48 bits per heavy atom. The topological polar surface area (TPSA) is 143 Å². The van der Waals surface area contributed by atoms with E-state index >= 15 is 0 Å². The van der Waals surface area contributed by atoms with E-state index < -0.39 is 34.0 Å². The molecule has 3 aromatic carbocycles. The number of aromatic hydroxyl groups is 1. The van der Waals surface area contributed by atoms with Gasteiger partial charge in [0.05, 0.1) is 35.6 Å². The fraction of sp³-hybridized carbons (Fsp3) is 0.0455. The van der Waals surface area contributed by atoms with E-state index in [4.69, 9.17) is 4.74 Å². The van der Waals surface area contributed by atoms with Crippen LogP contribution in [0.2, 0.25) is 0 Å². The largest absolute Gasteiger partial charge is 0.502 e. The Labute approximate surface area is 186 Å². The number of nitro benzene ring substituents is 1. The number of nitro groups is 1. The summed E-state index contributed by atoms with van der Waals surface area (Å²) in [6, 6.07) is 13.4. The molecule has 3 aromatic rings. The normalized spacial score (nSPS) is 10.6. The summed E-state index contributed by atoms with van der Waals surface area (Å²) < 4.78 is 18.0. The first-order chi connectivity index (χ1) is 15.8. The van der Waals surface area contributed by atoms with Crippen molar-refractivity contribution in [3.05, 3.63) is 93.3 Å². The number of anilines is 1. The van der Waals surface area contributed by atoms with Gasteiger partial charge in [0, 0.05) is 11.1 Å². The highest BCUT2D eigenvalue weighted by Crippen LogP contribution is 2.33. The molecule has 11 heteroatoms. The third-order valence-electron chi connectivity index (χ3n) is 4.42. The lowest BCUT2D eigenvalue weighted by Gasteiger charge is -2.10. The lowest BCUT2D eigenvalue weighted by atomic mass is 10.1. The Bertz CT molecular complexity index is 1240. The number of rotatable bonds is 7. The summed E-state index contributed by atoms with van der Waals surface area (Å²) in [4.78, 5) is 35.3. The Morgan fingerprint density at radius 2 is 1.82 bits per heavy atom. The minimum Gasteiger partial charge on any atom is -0.502 e. The quantitative estimate of drug-likeness (QED) is 0.285. The number of nitrogens with zero attached hydrogens (tertiary/aromatic N) is 2. The zero-order valence-corrected chi connectivity index (χ0v) is 17.1. The van der Waals surface area contributed by atoms with Gasteiger partial charge in [0.25, 0.3) is 11.8 Å². The van der Waals surface area contributed by atoms with Crippen molar-refractivity contribution in [2.75, 3.05) is 12.4 Å². The van der Waals surface area contributed by atoms with Crippen molar-refractivity contribution in [1.82, 2.24) is 5.43 Å². The van der Waals surface area contributed by atoms with E-state index in [9.17, 15) is 29.2 Å². The van der Waals surface area contributed by atoms with Crippen LogP contribution in [0.5, 0.6) is 11.5 Å². The van der Waals surface area contributed by atoms with Crippen LogP contribution in [0.4, 0.5) is 15.8 Å². The highest BCUT2D eigenvalue weighted by Gasteiger charge is 2.19. The molecule has 0 saturated carbocycles. The zero-order chi connectivity index (χ0) is 24.0. The maximum atomic E-state index is 13.1. The summed E-state index contributed by atoms with van der Waals surface area (Å²) in [5.74, 6) is -2.27. The standard InChI is InChI=1S/C22H17FN4O6/c1-33-16-10-14(20(28)19(11-16)27(31)32)12-24-26-22(30)17-4-2-3-5-18(17)25-21(29)13-6-8-15(23)9-7-13/h2-12,28H,1H3,(H,25,29)(H,26,30). The van der Waals surface area contributed by atoms with Crippen molar-refractivity contribution in [3.63, 3.8) is 0 Å². The molecule has 0 bridgehead atoms. The predicted molar refractivity (Wildman–Crippen MR) is 117 cm³/mol. The second kappa shape index (κ2) is 10.0. The molecular formula is C22H17FN4O6. The summed E-state index contributed by atoms with van der Waals surface area (Å²) in [5, 5.41) is 27.4. The number of carbonyl (C=O) groups is 2. The molecule has 33 heavy (non-hydrogen) atoms. The number of hydrogen-bond donors (Lipinski definition) is 3. The van der Waals surface area contributed by atoms with Crippen LogP contribution in [0.3, 0.4) is 0 Å². The van der Waals surface area contributed by atoms with Gasteiger partial charge in [-0.05, 0) is 42.5 Å². The Kier molecular flexibility index (Phi) is 6.94. The molecule has 0 unspecified atom stereocenters. The second-order valence-corrected chi connectivity index (χ2v) is 6.55. The first kappa shape index (κ1) is 22.9. The lowest BCUT2D eigenvalue weighted by molar-refractivity contribution is -0.385. The molecule has 3 N–H and O–H groups in total. The number of para-hydroxylation sites is 1. The van der Waals surface area contributed by atoms with E-state index in [2.05, 4.69) is 15.8 Å². The van der Waals surface area contributed by atoms with Gasteiger partial charge < -0.3 is 15.2 Å². The molecule has 0 fully saturated rings. The minimum atomic E-state index is -0.784. The van der Waals surface area contributed by atoms with E-state index in [0.717, 1.165) is 24.4 Å². The molecule has 168 valence electrons. The van der Waals surface area contributed by atoms with Gasteiger partial charge in [-0.1, -0.05) is 12.1 Å². The van der Waals surface area contributed by atoms with Crippen LogP contribution in [0.1, 0.15) is 26.3 Å². The molecule has 0 saturated heterocycles. The second-order valence-electron chi connectivity index (χ2n) is 6.55. The predicted octanol–water partition coefficient (Wildman–Crippen LogP) is 3.46. The third-order valence-corrected chi connectivity index (χ3v) is 4.42. The van der Waals surface area contributed by atoms with Crippen LogP contribution in [-0.4, -0.2) is 35.2 Å². The average Bonchev–Trinajstić information content (AvgIpc) is 2.80. The Morgan fingerprint density at radius 1 is 1.12 bits per heavy atom. The maximum Gasteiger partial charge on any atom is 0.315 e. The van der Waals surface area contributed by atoms with Gasteiger partial charge in [-0.25, -0.2) is 9.82 Å². The van der Waals surface area contributed by atoms with Crippen LogP contribution in [0.25, 0.3) is 0 Å². The number of phenolic OH excluding ortho intramolecular Hbond substituents is 1. The monoisotopic (exact) mass is 452 g/mol. The van der Waals surface area contributed by atoms with Crippen LogP contribution in [0, 0.1) is 15.9 Å². The number of ether oxygens (including phenoxy) is 1. The van der Waals surface area contributed by atoms with Crippen molar-refractivity contribution in [2.45, 2.75) is 0 Å². The van der Waals surface area contributed by atoms with Crippen molar-refractivity contribution in [3.8, 4) is 11.5 Å². The number of hydrogen-bond acceptors (Lipinski definition) is 7. The van der Waals surface area contributed by atoms with Crippen molar-refractivity contribution in [1.29, 1.82) is 0 Å². The number of amides is 2. The van der Waals surface area contributed by atoms with Crippen molar-refractivity contribution < 1.29 is 28.7 Å². The highest BCUT2D eigenvalue weighted by molar-refractivity contribution is 6.09. The fourth-order valence-corrected chi connectivity index (χ4v) is 2.78. The highest BCUT2D eigenvalue weighted by atomic mass is 19.1. The molecule has 0 spiro atoms. The van der Waals surface area contributed by atoms with E-state index in [-0.39, 0.29) is 28.1 Å². The molecule has 10 nitrogen and oxygen atoms in total. The number of halogens is 1. The third kappa shape index (κ3) is 5.47. The van der Waals surface area contributed by atoms with Crippen LogP contribution >= 0.6 is 0 Å². The van der Waals surface area contributed by atoms with E-state index in [1.165, 1.54) is 37.4 Å². The van der Waals surface area contributed by atoms with E-state index in [0.29, 0.717) is 0 Å². The zero-order valence-electron chi connectivity index (χ0n) is 17.1. The van der Waals surface area contributed by atoms with Gasteiger partial charge in [0.2, 0.25) is 5.75 Å². The van der Waals surface area contributed by atoms with Gasteiger partial charge in [-0.3, -0.25) is 19.7 Å². The number of nitrogens with one attached hydrogen (secondary N) is 2. The number of methoxy groups -OCH3 is 1. The van der Waals surface area contributed by atoms with Crippen LogP contribution in [0.15, 0.2) is 65.8 Å². The number of carbonyl (C=O) groups excluding carboxylic acids is 2. The first-order valence-corrected chi connectivity index (χ1v) is 9.35. The summed E-state index contributed by atoms with van der Waals surface area (Å²) in [6.07, 6.45) is 1.02. The summed E-state index contributed by atoms with van der Waals surface area (Å²) in [5.41, 5.74) is 2.04. The molecular weight excluding hydrogens is 435 g/mol. The molecule has 3 rings (SSSR count). The number of phenols is 1. The van der Waals surface area contributed by atoms with E-state index in [1.807, 2.05) is 0 Å². The molecule has 0 aliphatic heterocycles. The van der Waals surface area contributed by atoms with Gasteiger partial charge in [0.1, 0.15) is 11.6 Å². The average molecular weight is 452 g/mol. The molecule has 0 radical (unpaired) electrons. The molecule has 0 atom stereocenters. The summed E-state index contributed by atoms with van der Waals surface area (Å²) >= 11 is 0. The SMILES string of the molecule is COc1cc(C=NNC(=O)c2ccccc2NC(=O)c2ccc(F)cc2)c(O)c([N+](=O)[O-])c1. The fourth-order valence-electron chi connectivity index (χ4n) is 2.78. The van der Waals surface area contributed by atoms with Crippen molar-refractivity contribution >= 4 is 29.4 Å². The molecule has 2 amide bonds. The minimum absolute atomic E-state index is 0.0563. The van der Waals surface area contributed by atoms with Crippen LogP contribution < -0.4 is 15.5 Å². The molecule has 0 heterocycles. The summed E-state index contributed by atoms with van der Waals surface area (Å²) in [6.45, 7) is 0. The van der Waals surface area contributed by atoms with Crippen molar-refractivity contribution in [2.24, 2.45) is 5.10 Å². The summed E-state index contributed by atoms with van der Waals surface area (Å²) in [7, 11) is 1.30. The first-order valence-electron chi connectivity index (χ1n) is 9.35. The van der Waals surface area contributed by atoms with Gasteiger partial charge in [-0.15, -0.1) is 0 Å². The van der Waals surface area contributed by atoms with E-state index in [1.54, 1.807) is 12.1 Å². The lowest BCUT2D eigenvalue weighted by Crippen LogP contribution is -2.21.